The molecule has 0 aliphatic carbocycles. The minimum absolute atomic E-state index is 0.113. The molecule has 0 bridgehead atoms. The quantitative estimate of drug-likeness (QED) is 0.614. The minimum atomic E-state index is -0.141. The molecule has 1 aromatic rings. The van der Waals surface area contributed by atoms with E-state index in [0.29, 0.717) is 6.42 Å². The molecule has 0 aliphatic rings. The van der Waals surface area contributed by atoms with E-state index in [4.69, 9.17) is 0 Å². The summed E-state index contributed by atoms with van der Waals surface area (Å²) in [6, 6.07) is 2.17. The van der Waals surface area contributed by atoms with Crippen LogP contribution in [0.15, 0.2) is 15.9 Å². The second-order valence-corrected chi connectivity index (χ2v) is 6.70. The number of ether oxygens (including phenoxy) is 1. The number of esters is 1. The van der Waals surface area contributed by atoms with Crippen molar-refractivity contribution in [3.63, 3.8) is 0 Å². The van der Waals surface area contributed by atoms with Gasteiger partial charge in [0.15, 0.2) is 0 Å². The van der Waals surface area contributed by atoms with Gasteiger partial charge in [-0.15, -0.1) is 11.3 Å². The van der Waals surface area contributed by atoms with Gasteiger partial charge in [-0.3, -0.25) is 4.79 Å². The lowest BCUT2D eigenvalue weighted by molar-refractivity contribution is -0.140. The molecule has 1 rings (SSSR count). The molecule has 18 heavy (non-hydrogen) atoms. The Morgan fingerprint density at radius 1 is 1.56 bits per heavy atom. The maximum atomic E-state index is 10.9. The van der Waals surface area contributed by atoms with E-state index in [9.17, 15) is 4.79 Å². The number of thiophene rings is 1. The van der Waals surface area contributed by atoms with E-state index in [2.05, 4.69) is 51.3 Å². The normalized spacial score (nSPS) is 11.6. The lowest BCUT2D eigenvalue weighted by atomic mass is 9.91. The minimum Gasteiger partial charge on any atom is -0.469 e. The van der Waals surface area contributed by atoms with E-state index in [1.54, 1.807) is 11.3 Å². The first-order valence-corrected chi connectivity index (χ1v) is 7.65. The summed E-state index contributed by atoms with van der Waals surface area (Å²) < 4.78 is 5.74. The van der Waals surface area contributed by atoms with Crippen LogP contribution in [0.2, 0.25) is 0 Å². The SMILES string of the molecule is COC(=O)CCCNCC(C)(C)c1cc(Br)cs1. The molecular formula is C13H20BrNO2S. The third-order valence-electron chi connectivity index (χ3n) is 2.76. The van der Waals surface area contributed by atoms with Gasteiger partial charge in [0, 0.05) is 33.1 Å². The van der Waals surface area contributed by atoms with Gasteiger partial charge in [-0.2, -0.15) is 0 Å². The zero-order chi connectivity index (χ0) is 13.6. The molecular weight excluding hydrogens is 314 g/mol. The summed E-state index contributed by atoms with van der Waals surface area (Å²) >= 11 is 5.25. The molecule has 1 heterocycles. The fraction of sp³-hybridized carbons (Fsp3) is 0.615. The van der Waals surface area contributed by atoms with Crippen molar-refractivity contribution in [3.8, 4) is 0 Å². The van der Waals surface area contributed by atoms with Gasteiger partial charge in [-0.1, -0.05) is 13.8 Å². The number of carbonyl (C=O) groups excluding carboxylic acids is 1. The Kier molecular flexibility index (Phi) is 6.32. The summed E-state index contributed by atoms with van der Waals surface area (Å²) in [6.45, 7) is 6.18. The molecule has 0 aromatic carbocycles. The lowest BCUT2D eigenvalue weighted by Crippen LogP contribution is -2.33. The largest absolute Gasteiger partial charge is 0.469 e. The fourth-order valence-corrected chi connectivity index (χ4v) is 3.17. The number of methoxy groups -OCH3 is 1. The zero-order valence-corrected chi connectivity index (χ0v) is 13.5. The molecule has 1 N–H and O–H groups in total. The van der Waals surface area contributed by atoms with Gasteiger partial charge in [0.1, 0.15) is 0 Å². The van der Waals surface area contributed by atoms with Crippen LogP contribution in [-0.4, -0.2) is 26.2 Å². The van der Waals surface area contributed by atoms with E-state index < -0.39 is 0 Å². The standard InChI is InChI=1S/C13H20BrNO2S/c1-13(2,11-7-10(14)8-18-11)9-15-6-4-5-12(16)17-3/h7-8,15H,4-6,9H2,1-3H3. The summed E-state index contributed by atoms with van der Waals surface area (Å²) in [5.41, 5.74) is 0.113. The van der Waals surface area contributed by atoms with Crippen molar-refractivity contribution in [1.82, 2.24) is 5.32 Å². The van der Waals surface area contributed by atoms with Crippen LogP contribution in [0.1, 0.15) is 31.6 Å². The van der Waals surface area contributed by atoms with E-state index in [-0.39, 0.29) is 11.4 Å². The number of rotatable bonds is 7. The van der Waals surface area contributed by atoms with Crippen LogP contribution in [0.25, 0.3) is 0 Å². The first kappa shape index (κ1) is 15.7. The van der Waals surface area contributed by atoms with E-state index in [0.717, 1.165) is 24.0 Å². The number of carbonyl (C=O) groups is 1. The first-order valence-electron chi connectivity index (χ1n) is 5.98. The van der Waals surface area contributed by atoms with Gasteiger partial charge in [-0.05, 0) is 35.0 Å². The van der Waals surface area contributed by atoms with Crippen molar-refractivity contribution >= 4 is 33.2 Å². The third-order valence-corrected chi connectivity index (χ3v) is 4.82. The van der Waals surface area contributed by atoms with Gasteiger partial charge in [0.25, 0.3) is 0 Å². The monoisotopic (exact) mass is 333 g/mol. The Morgan fingerprint density at radius 2 is 2.28 bits per heavy atom. The Morgan fingerprint density at radius 3 is 2.83 bits per heavy atom. The topological polar surface area (TPSA) is 38.3 Å². The number of nitrogens with one attached hydrogen (secondary N) is 1. The molecule has 3 nitrogen and oxygen atoms in total. The molecule has 102 valence electrons. The maximum absolute atomic E-state index is 10.9. The van der Waals surface area contributed by atoms with Crippen LogP contribution in [0, 0.1) is 0 Å². The Labute approximate surface area is 121 Å². The molecule has 0 fully saturated rings. The highest BCUT2D eigenvalue weighted by atomic mass is 79.9. The predicted octanol–water partition coefficient (Wildman–Crippen LogP) is 3.33. The highest BCUT2D eigenvalue weighted by Gasteiger charge is 2.21. The fourth-order valence-electron chi connectivity index (χ4n) is 1.62. The molecule has 0 atom stereocenters. The van der Waals surface area contributed by atoms with Crippen molar-refractivity contribution in [2.45, 2.75) is 32.1 Å². The average Bonchev–Trinajstić information content (AvgIpc) is 2.75. The second-order valence-electron chi connectivity index (χ2n) is 4.87. The summed E-state index contributed by atoms with van der Waals surface area (Å²) in [5, 5.41) is 5.50. The van der Waals surface area contributed by atoms with Crippen LogP contribution < -0.4 is 5.32 Å². The molecule has 1 aromatic heterocycles. The molecule has 0 spiro atoms. The predicted molar refractivity (Wildman–Crippen MR) is 79.2 cm³/mol. The zero-order valence-electron chi connectivity index (χ0n) is 11.1. The van der Waals surface area contributed by atoms with Gasteiger partial charge < -0.3 is 10.1 Å². The van der Waals surface area contributed by atoms with Gasteiger partial charge in [0.2, 0.25) is 0 Å². The van der Waals surface area contributed by atoms with Gasteiger partial charge in [-0.25, -0.2) is 0 Å². The summed E-state index contributed by atoms with van der Waals surface area (Å²) in [6.07, 6.45) is 1.30. The molecule has 0 amide bonds. The molecule has 0 unspecified atom stereocenters. The molecule has 0 aliphatic heterocycles. The summed E-state index contributed by atoms with van der Waals surface area (Å²) in [5.74, 6) is -0.141. The van der Waals surface area contributed by atoms with Gasteiger partial charge in [0.05, 0.1) is 7.11 Å². The summed E-state index contributed by atoms with van der Waals surface area (Å²) in [4.78, 5) is 12.3. The molecule has 0 radical (unpaired) electrons. The van der Waals surface area contributed by atoms with Crippen LogP contribution in [0.3, 0.4) is 0 Å². The molecule has 5 heteroatoms. The molecule has 0 saturated heterocycles. The van der Waals surface area contributed by atoms with Crippen molar-refractivity contribution in [2.24, 2.45) is 0 Å². The van der Waals surface area contributed by atoms with Crippen molar-refractivity contribution in [1.29, 1.82) is 0 Å². The van der Waals surface area contributed by atoms with Crippen LogP contribution in [0.5, 0.6) is 0 Å². The van der Waals surface area contributed by atoms with Crippen LogP contribution in [0.4, 0.5) is 0 Å². The Balaban J connectivity index is 2.28. The van der Waals surface area contributed by atoms with Crippen molar-refractivity contribution in [2.75, 3.05) is 20.2 Å². The second kappa shape index (κ2) is 7.26. The average molecular weight is 334 g/mol. The lowest BCUT2D eigenvalue weighted by Gasteiger charge is -2.23. The first-order chi connectivity index (χ1) is 8.45. The Hall–Kier alpha value is -0.390. The highest BCUT2D eigenvalue weighted by molar-refractivity contribution is 9.10. The van der Waals surface area contributed by atoms with Crippen LogP contribution >= 0.6 is 27.3 Å². The van der Waals surface area contributed by atoms with Crippen LogP contribution in [-0.2, 0) is 14.9 Å². The van der Waals surface area contributed by atoms with Crippen molar-refractivity contribution in [3.05, 3.63) is 20.8 Å². The summed E-state index contributed by atoms with van der Waals surface area (Å²) in [7, 11) is 1.42. The Bertz CT molecular complexity index is 390. The number of hydrogen-bond donors (Lipinski definition) is 1. The van der Waals surface area contributed by atoms with Crippen molar-refractivity contribution < 1.29 is 9.53 Å². The third kappa shape index (κ3) is 5.08. The molecule has 0 saturated carbocycles. The highest BCUT2D eigenvalue weighted by Crippen LogP contribution is 2.30. The van der Waals surface area contributed by atoms with E-state index >= 15 is 0 Å². The smallest absolute Gasteiger partial charge is 0.305 e. The van der Waals surface area contributed by atoms with E-state index in [1.165, 1.54) is 12.0 Å². The van der Waals surface area contributed by atoms with E-state index in [1.807, 2.05) is 0 Å². The number of halogens is 1. The maximum Gasteiger partial charge on any atom is 0.305 e. The number of hydrogen-bond acceptors (Lipinski definition) is 4. The van der Waals surface area contributed by atoms with Gasteiger partial charge >= 0.3 is 5.97 Å².